The molecule has 2 aromatic rings. The van der Waals surface area contributed by atoms with Gasteiger partial charge >= 0.3 is 0 Å². The maximum absolute atomic E-state index is 12.0. The lowest BCUT2D eigenvalue weighted by Gasteiger charge is -2.14. The molecule has 0 saturated carbocycles. The van der Waals surface area contributed by atoms with Gasteiger partial charge in [0.05, 0.1) is 17.9 Å². The van der Waals surface area contributed by atoms with E-state index in [0.29, 0.717) is 5.56 Å². The lowest BCUT2D eigenvalue weighted by atomic mass is 10.2. The molecule has 0 aromatic carbocycles. The zero-order valence-corrected chi connectivity index (χ0v) is 11.5. The van der Waals surface area contributed by atoms with Crippen LogP contribution in [-0.2, 0) is 13.0 Å². The Balaban J connectivity index is 1.76. The number of amides is 1. The molecule has 0 spiro atoms. The number of nitrogens with zero attached hydrogens (tertiary/aromatic N) is 3. The minimum atomic E-state index is -0.170. The Hall–Kier alpha value is -2.11. The number of carbonyl (C=O) groups is 1. The summed E-state index contributed by atoms with van der Waals surface area (Å²) in [6.07, 6.45) is 7.41. The molecule has 3 heterocycles. The van der Waals surface area contributed by atoms with Gasteiger partial charge in [-0.3, -0.25) is 4.79 Å². The number of aromatic nitrogens is 3. The van der Waals surface area contributed by atoms with Gasteiger partial charge in [-0.1, -0.05) is 6.42 Å². The fourth-order valence-corrected chi connectivity index (χ4v) is 2.57. The third-order valence-corrected chi connectivity index (χ3v) is 3.66. The highest BCUT2D eigenvalue weighted by Crippen LogP contribution is 2.18. The lowest BCUT2D eigenvalue weighted by Crippen LogP contribution is -2.28. The van der Waals surface area contributed by atoms with Crippen molar-refractivity contribution in [2.75, 3.05) is 0 Å². The highest BCUT2D eigenvalue weighted by atomic mass is 16.3. The van der Waals surface area contributed by atoms with Gasteiger partial charge in [-0.2, -0.15) is 0 Å². The number of furan rings is 1. The number of nitrogens with one attached hydrogen (secondary N) is 1. The highest BCUT2D eigenvalue weighted by molar-refractivity contribution is 5.93. The van der Waals surface area contributed by atoms with E-state index in [1.165, 1.54) is 18.9 Å². The average Bonchev–Trinajstić information content (AvgIpc) is 3.04. The Morgan fingerprint density at radius 2 is 2.30 bits per heavy atom. The Kier molecular flexibility index (Phi) is 3.54. The topological polar surface area (TPSA) is 73.0 Å². The molecule has 2 aromatic heterocycles. The van der Waals surface area contributed by atoms with Gasteiger partial charge < -0.3 is 14.3 Å². The maximum Gasteiger partial charge on any atom is 0.255 e. The fraction of sp³-hybridized carbons (Fsp3) is 0.500. The molecule has 1 aliphatic heterocycles. The van der Waals surface area contributed by atoms with Crippen LogP contribution in [0.2, 0.25) is 0 Å². The van der Waals surface area contributed by atoms with Crippen molar-refractivity contribution < 1.29 is 9.21 Å². The summed E-state index contributed by atoms with van der Waals surface area (Å²) in [5.41, 5.74) is 0.521. The molecular formula is C14H18N4O2. The summed E-state index contributed by atoms with van der Waals surface area (Å²) in [7, 11) is 0. The summed E-state index contributed by atoms with van der Waals surface area (Å²) in [6, 6.07) is 1.48. The summed E-state index contributed by atoms with van der Waals surface area (Å²) in [5, 5.41) is 11.4. The van der Waals surface area contributed by atoms with Crippen molar-refractivity contribution in [3.63, 3.8) is 0 Å². The van der Waals surface area contributed by atoms with Crippen molar-refractivity contribution in [3.05, 3.63) is 35.8 Å². The molecule has 6 nitrogen and oxygen atoms in total. The van der Waals surface area contributed by atoms with Gasteiger partial charge in [-0.15, -0.1) is 10.2 Å². The summed E-state index contributed by atoms with van der Waals surface area (Å²) in [5.74, 6) is 1.71. The summed E-state index contributed by atoms with van der Waals surface area (Å²) >= 11 is 0. The van der Waals surface area contributed by atoms with Gasteiger partial charge in [-0.25, -0.2) is 0 Å². The Bertz CT molecular complexity index is 588. The normalized spacial score (nSPS) is 16.2. The first kappa shape index (κ1) is 12.9. The summed E-state index contributed by atoms with van der Waals surface area (Å²) in [4.78, 5) is 12.0. The van der Waals surface area contributed by atoms with Crippen LogP contribution in [0.5, 0.6) is 0 Å². The van der Waals surface area contributed by atoms with Crippen LogP contribution in [0.4, 0.5) is 0 Å². The van der Waals surface area contributed by atoms with Crippen LogP contribution in [-0.4, -0.2) is 20.7 Å². The number of carbonyl (C=O) groups excluding carboxylic acids is 1. The van der Waals surface area contributed by atoms with E-state index in [0.717, 1.165) is 37.5 Å². The molecule has 0 saturated heterocycles. The Morgan fingerprint density at radius 1 is 1.40 bits per heavy atom. The van der Waals surface area contributed by atoms with Gasteiger partial charge in [0.15, 0.2) is 5.82 Å². The van der Waals surface area contributed by atoms with Crippen molar-refractivity contribution in [3.8, 4) is 0 Å². The second-order valence-corrected chi connectivity index (χ2v) is 5.14. The molecule has 0 aliphatic carbocycles. The minimum Gasteiger partial charge on any atom is -0.472 e. The van der Waals surface area contributed by atoms with E-state index in [2.05, 4.69) is 20.1 Å². The minimum absolute atomic E-state index is 0.155. The monoisotopic (exact) mass is 274 g/mol. The predicted octanol–water partition coefficient (Wildman–Crippen LogP) is 2.09. The zero-order chi connectivity index (χ0) is 13.9. The van der Waals surface area contributed by atoms with E-state index in [9.17, 15) is 4.79 Å². The van der Waals surface area contributed by atoms with Crippen molar-refractivity contribution in [2.45, 2.75) is 45.2 Å². The van der Waals surface area contributed by atoms with Gasteiger partial charge in [-0.05, 0) is 25.8 Å². The molecule has 1 aliphatic rings. The molecule has 3 rings (SSSR count). The molecule has 1 N–H and O–H groups in total. The molecule has 106 valence electrons. The van der Waals surface area contributed by atoms with Crippen LogP contribution in [0.1, 0.15) is 54.2 Å². The van der Waals surface area contributed by atoms with E-state index in [1.807, 2.05) is 6.92 Å². The van der Waals surface area contributed by atoms with Gasteiger partial charge in [0.2, 0.25) is 0 Å². The first-order chi connectivity index (χ1) is 9.75. The number of rotatable bonds is 3. The molecule has 1 amide bonds. The van der Waals surface area contributed by atoms with E-state index < -0.39 is 0 Å². The molecule has 6 heteroatoms. The van der Waals surface area contributed by atoms with Crippen molar-refractivity contribution >= 4 is 5.91 Å². The van der Waals surface area contributed by atoms with Gasteiger partial charge in [0, 0.05) is 13.0 Å². The first-order valence-electron chi connectivity index (χ1n) is 7.01. The van der Waals surface area contributed by atoms with Crippen LogP contribution in [0, 0.1) is 0 Å². The molecule has 0 bridgehead atoms. The number of aryl methyl sites for hydroxylation is 1. The Labute approximate surface area is 117 Å². The third kappa shape index (κ3) is 2.45. The van der Waals surface area contributed by atoms with Crippen LogP contribution in [0.3, 0.4) is 0 Å². The third-order valence-electron chi connectivity index (χ3n) is 3.66. The molecule has 0 fully saturated rings. The van der Waals surface area contributed by atoms with Crippen LogP contribution in [0.15, 0.2) is 23.0 Å². The van der Waals surface area contributed by atoms with E-state index >= 15 is 0 Å². The lowest BCUT2D eigenvalue weighted by molar-refractivity contribution is 0.0937. The molecule has 20 heavy (non-hydrogen) atoms. The van der Waals surface area contributed by atoms with E-state index in [-0.39, 0.29) is 11.9 Å². The fourth-order valence-electron chi connectivity index (χ4n) is 2.57. The van der Waals surface area contributed by atoms with Crippen molar-refractivity contribution in [1.29, 1.82) is 0 Å². The van der Waals surface area contributed by atoms with E-state index in [1.54, 1.807) is 6.07 Å². The molecule has 0 radical (unpaired) electrons. The number of hydrogen-bond donors (Lipinski definition) is 1. The zero-order valence-electron chi connectivity index (χ0n) is 11.5. The smallest absolute Gasteiger partial charge is 0.255 e. The van der Waals surface area contributed by atoms with Crippen molar-refractivity contribution in [1.82, 2.24) is 20.1 Å². The molecule has 1 atom stereocenters. The predicted molar refractivity (Wildman–Crippen MR) is 72.2 cm³/mol. The summed E-state index contributed by atoms with van der Waals surface area (Å²) in [6.45, 7) is 2.86. The Morgan fingerprint density at radius 3 is 3.10 bits per heavy atom. The standard InChI is InChI=1S/C14H18N4O2/c1-10(15-14(19)11-6-8-20-9-11)13-17-16-12-5-3-2-4-7-18(12)13/h6,8-10H,2-5,7H2,1H3,(H,15,19)/t10-/m0/s1. The largest absolute Gasteiger partial charge is 0.472 e. The SMILES string of the molecule is C[C@H](NC(=O)c1ccoc1)c1nnc2n1CCCCC2. The summed E-state index contributed by atoms with van der Waals surface area (Å²) < 4.78 is 7.07. The quantitative estimate of drug-likeness (QED) is 0.930. The van der Waals surface area contributed by atoms with Gasteiger partial charge in [0.25, 0.3) is 5.91 Å². The van der Waals surface area contributed by atoms with Crippen LogP contribution in [0.25, 0.3) is 0 Å². The highest BCUT2D eigenvalue weighted by Gasteiger charge is 2.21. The van der Waals surface area contributed by atoms with Crippen LogP contribution >= 0.6 is 0 Å². The number of hydrogen-bond acceptors (Lipinski definition) is 4. The molecule has 0 unspecified atom stereocenters. The van der Waals surface area contributed by atoms with E-state index in [4.69, 9.17) is 4.42 Å². The average molecular weight is 274 g/mol. The van der Waals surface area contributed by atoms with Crippen molar-refractivity contribution in [2.24, 2.45) is 0 Å². The van der Waals surface area contributed by atoms with Gasteiger partial charge in [0.1, 0.15) is 12.1 Å². The maximum atomic E-state index is 12.0. The molecular weight excluding hydrogens is 256 g/mol. The second-order valence-electron chi connectivity index (χ2n) is 5.14. The number of fused-ring (bicyclic) bond motifs is 1. The second kappa shape index (κ2) is 5.48. The van der Waals surface area contributed by atoms with Crippen LogP contribution < -0.4 is 5.32 Å². The first-order valence-corrected chi connectivity index (χ1v) is 7.01.